The summed E-state index contributed by atoms with van der Waals surface area (Å²) < 4.78 is 5.85. The summed E-state index contributed by atoms with van der Waals surface area (Å²) in [5.41, 5.74) is 4.59. The molecule has 2 aromatic carbocycles. The van der Waals surface area contributed by atoms with E-state index in [0.717, 1.165) is 23.6 Å². The van der Waals surface area contributed by atoms with Gasteiger partial charge in [0.1, 0.15) is 0 Å². The molecule has 0 amide bonds. The number of oxazole rings is 1. The SMILES string of the molecule is Cc1cccc(-c2cnc(Nc3ccc(CN4CCCCC4)cc3)o2)c1. The van der Waals surface area contributed by atoms with Crippen LogP contribution in [-0.4, -0.2) is 23.0 Å². The summed E-state index contributed by atoms with van der Waals surface area (Å²) in [7, 11) is 0. The number of nitrogens with zero attached hydrogens (tertiary/aromatic N) is 2. The topological polar surface area (TPSA) is 41.3 Å². The molecule has 0 unspecified atom stereocenters. The highest BCUT2D eigenvalue weighted by Crippen LogP contribution is 2.25. The van der Waals surface area contributed by atoms with Crippen molar-refractivity contribution in [2.45, 2.75) is 32.7 Å². The van der Waals surface area contributed by atoms with Gasteiger partial charge in [0.25, 0.3) is 6.01 Å². The molecule has 1 aliphatic heterocycles. The van der Waals surface area contributed by atoms with Crippen LogP contribution in [0.5, 0.6) is 0 Å². The van der Waals surface area contributed by atoms with E-state index < -0.39 is 0 Å². The Labute approximate surface area is 154 Å². The molecule has 0 spiro atoms. The molecule has 4 nitrogen and oxygen atoms in total. The van der Waals surface area contributed by atoms with Crippen LogP contribution in [0.3, 0.4) is 0 Å². The number of piperidine rings is 1. The average Bonchev–Trinajstić information content (AvgIpc) is 3.13. The molecular weight excluding hydrogens is 322 g/mol. The lowest BCUT2D eigenvalue weighted by atomic mass is 10.1. The highest BCUT2D eigenvalue weighted by molar-refractivity contribution is 5.60. The van der Waals surface area contributed by atoms with E-state index in [1.807, 2.05) is 12.1 Å². The van der Waals surface area contributed by atoms with Crippen LogP contribution in [-0.2, 0) is 6.54 Å². The van der Waals surface area contributed by atoms with E-state index in [9.17, 15) is 0 Å². The summed E-state index contributed by atoms with van der Waals surface area (Å²) in [5.74, 6) is 0.776. The summed E-state index contributed by atoms with van der Waals surface area (Å²) in [4.78, 5) is 6.88. The third kappa shape index (κ3) is 4.14. The second kappa shape index (κ2) is 7.75. The minimum Gasteiger partial charge on any atom is -0.423 e. The fourth-order valence-electron chi connectivity index (χ4n) is 3.46. The van der Waals surface area contributed by atoms with Crippen molar-refractivity contribution in [1.82, 2.24) is 9.88 Å². The van der Waals surface area contributed by atoms with E-state index >= 15 is 0 Å². The molecule has 134 valence electrons. The van der Waals surface area contributed by atoms with E-state index in [-0.39, 0.29) is 0 Å². The molecule has 0 radical (unpaired) electrons. The summed E-state index contributed by atoms with van der Waals surface area (Å²) >= 11 is 0. The molecule has 1 aliphatic rings. The Morgan fingerprint density at radius 2 is 1.85 bits per heavy atom. The van der Waals surface area contributed by atoms with Gasteiger partial charge in [-0.15, -0.1) is 0 Å². The van der Waals surface area contributed by atoms with Gasteiger partial charge in [-0.3, -0.25) is 4.90 Å². The van der Waals surface area contributed by atoms with Crippen LogP contribution in [0.1, 0.15) is 30.4 Å². The average molecular weight is 347 g/mol. The highest BCUT2D eigenvalue weighted by atomic mass is 16.4. The lowest BCUT2D eigenvalue weighted by Gasteiger charge is -2.26. The second-order valence-electron chi connectivity index (χ2n) is 7.06. The molecule has 0 aliphatic carbocycles. The van der Waals surface area contributed by atoms with Crippen LogP contribution in [0.15, 0.2) is 59.1 Å². The number of likely N-dealkylation sites (tertiary alicyclic amines) is 1. The zero-order valence-electron chi connectivity index (χ0n) is 15.2. The molecule has 0 atom stereocenters. The Hall–Kier alpha value is -2.59. The smallest absolute Gasteiger partial charge is 0.299 e. The number of aromatic nitrogens is 1. The molecule has 1 N–H and O–H groups in total. The van der Waals surface area contributed by atoms with E-state index in [0.29, 0.717) is 6.01 Å². The molecule has 1 saturated heterocycles. The Bertz CT molecular complexity index is 848. The Balaban J connectivity index is 1.40. The van der Waals surface area contributed by atoms with Crippen LogP contribution in [0.25, 0.3) is 11.3 Å². The minimum atomic E-state index is 0.519. The van der Waals surface area contributed by atoms with Crippen molar-refractivity contribution in [3.05, 3.63) is 65.9 Å². The number of hydrogen-bond donors (Lipinski definition) is 1. The first-order valence-corrected chi connectivity index (χ1v) is 9.37. The largest absolute Gasteiger partial charge is 0.423 e. The van der Waals surface area contributed by atoms with Crippen molar-refractivity contribution in [3.8, 4) is 11.3 Å². The van der Waals surface area contributed by atoms with Crippen LogP contribution >= 0.6 is 0 Å². The first-order valence-electron chi connectivity index (χ1n) is 9.37. The Kier molecular flexibility index (Phi) is 5.02. The summed E-state index contributed by atoms with van der Waals surface area (Å²) in [5, 5.41) is 3.25. The zero-order chi connectivity index (χ0) is 17.8. The number of rotatable bonds is 5. The van der Waals surface area contributed by atoms with Crippen molar-refractivity contribution in [1.29, 1.82) is 0 Å². The predicted octanol–water partition coefficient (Wildman–Crippen LogP) is 5.38. The summed E-state index contributed by atoms with van der Waals surface area (Å²) in [6.45, 7) is 5.55. The van der Waals surface area contributed by atoms with Gasteiger partial charge in [0.15, 0.2) is 5.76 Å². The first-order chi connectivity index (χ1) is 12.8. The molecule has 0 bridgehead atoms. The van der Waals surface area contributed by atoms with Gasteiger partial charge in [-0.2, -0.15) is 0 Å². The molecular formula is C22H25N3O. The monoisotopic (exact) mass is 347 g/mol. The number of benzene rings is 2. The zero-order valence-corrected chi connectivity index (χ0v) is 15.2. The molecule has 3 aromatic rings. The Morgan fingerprint density at radius 1 is 1.04 bits per heavy atom. The molecule has 4 rings (SSSR count). The van der Waals surface area contributed by atoms with E-state index in [2.05, 4.69) is 58.5 Å². The number of hydrogen-bond acceptors (Lipinski definition) is 4. The van der Waals surface area contributed by atoms with Crippen molar-refractivity contribution in [2.75, 3.05) is 18.4 Å². The van der Waals surface area contributed by atoms with Gasteiger partial charge in [0.05, 0.1) is 6.20 Å². The van der Waals surface area contributed by atoms with Gasteiger partial charge in [-0.25, -0.2) is 4.98 Å². The van der Waals surface area contributed by atoms with Crippen molar-refractivity contribution in [3.63, 3.8) is 0 Å². The second-order valence-corrected chi connectivity index (χ2v) is 7.06. The molecule has 0 saturated carbocycles. The molecule has 4 heteroatoms. The molecule has 26 heavy (non-hydrogen) atoms. The van der Waals surface area contributed by atoms with Crippen molar-refractivity contribution in [2.24, 2.45) is 0 Å². The van der Waals surface area contributed by atoms with Gasteiger partial charge >= 0.3 is 0 Å². The van der Waals surface area contributed by atoms with E-state index in [4.69, 9.17) is 4.42 Å². The normalized spacial score (nSPS) is 15.1. The van der Waals surface area contributed by atoms with Crippen LogP contribution < -0.4 is 5.32 Å². The molecule has 2 heterocycles. The number of aryl methyl sites for hydroxylation is 1. The predicted molar refractivity (Wildman–Crippen MR) is 106 cm³/mol. The quantitative estimate of drug-likeness (QED) is 0.673. The van der Waals surface area contributed by atoms with Gasteiger partial charge in [-0.1, -0.05) is 42.3 Å². The van der Waals surface area contributed by atoms with Crippen LogP contribution in [0, 0.1) is 6.92 Å². The van der Waals surface area contributed by atoms with Gasteiger partial charge in [0, 0.05) is 17.8 Å². The fraction of sp³-hybridized carbons (Fsp3) is 0.318. The number of nitrogens with one attached hydrogen (secondary N) is 1. The minimum absolute atomic E-state index is 0.519. The first kappa shape index (κ1) is 16.9. The maximum Gasteiger partial charge on any atom is 0.299 e. The molecule has 1 fully saturated rings. The number of anilines is 2. The third-order valence-corrected chi connectivity index (χ3v) is 4.87. The highest BCUT2D eigenvalue weighted by Gasteiger charge is 2.11. The van der Waals surface area contributed by atoms with Crippen molar-refractivity contribution >= 4 is 11.7 Å². The lowest BCUT2D eigenvalue weighted by Crippen LogP contribution is -2.29. The van der Waals surface area contributed by atoms with Crippen LogP contribution in [0.4, 0.5) is 11.7 Å². The standard InChI is InChI=1S/C22H25N3O/c1-17-6-5-7-19(14-17)21-15-23-22(26-21)24-20-10-8-18(9-11-20)16-25-12-3-2-4-13-25/h5-11,14-15H,2-4,12-13,16H2,1H3,(H,23,24). The van der Waals surface area contributed by atoms with E-state index in [1.165, 1.54) is 43.5 Å². The Morgan fingerprint density at radius 3 is 2.62 bits per heavy atom. The fourth-order valence-corrected chi connectivity index (χ4v) is 3.46. The molecule has 1 aromatic heterocycles. The van der Waals surface area contributed by atoms with Gasteiger partial charge < -0.3 is 9.73 Å². The lowest BCUT2D eigenvalue weighted by molar-refractivity contribution is 0.221. The maximum atomic E-state index is 5.85. The van der Waals surface area contributed by atoms with Crippen LogP contribution in [0.2, 0.25) is 0 Å². The third-order valence-electron chi connectivity index (χ3n) is 4.87. The van der Waals surface area contributed by atoms with Gasteiger partial charge in [0.2, 0.25) is 0 Å². The van der Waals surface area contributed by atoms with Gasteiger partial charge in [-0.05, 0) is 56.6 Å². The summed E-state index contributed by atoms with van der Waals surface area (Å²) in [6, 6.07) is 17.3. The van der Waals surface area contributed by atoms with Crippen molar-refractivity contribution < 1.29 is 4.42 Å². The van der Waals surface area contributed by atoms with E-state index in [1.54, 1.807) is 6.20 Å². The summed E-state index contributed by atoms with van der Waals surface area (Å²) in [6.07, 6.45) is 5.79. The maximum absolute atomic E-state index is 5.85.